The zero-order valence-electron chi connectivity index (χ0n) is 12.0. The Balaban J connectivity index is 2.35. The Morgan fingerprint density at radius 2 is 2.00 bits per heavy atom. The standard InChI is InChI=1S/C16H25NO/c1-12-10-13(15(2,3)4)6-7-14(12)16(18)8-5-9-17-11-16/h6-7,10,17-18H,5,8-9,11H2,1-4H3. The van der Waals surface area contributed by atoms with E-state index < -0.39 is 5.60 Å². The minimum absolute atomic E-state index is 0.163. The van der Waals surface area contributed by atoms with Gasteiger partial charge in [-0.3, -0.25) is 0 Å². The van der Waals surface area contributed by atoms with E-state index in [0.717, 1.165) is 24.9 Å². The Kier molecular flexibility index (Phi) is 3.52. The van der Waals surface area contributed by atoms with Crippen molar-refractivity contribution < 1.29 is 5.11 Å². The van der Waals surface area contributed by atoms with E-state index in [0.29, 0.717) is 6.54 Å². The van der Waals surface area contributed by atoms with Crippen LogP contribution in [0.5, 0.6) is 0 Å². The molecule has 1 fully saturated rings. The summed E-state index contributed by atoms with van der Waals surface area (Å²) in [5.41, 5.74) is 3.10. The van der Waals surface area contributed by atoms with Crippen molar-refractivity contribution >= 4 is 0 Å². The monoisotopic (exact) mass is 247 g/mol. The molecule has 0 spiro atoms. The molecule has 0 saturated carbocycles. The molecule has 18 heavy (non-hydrogen) atoms. The molecule has 0 aliphatic carbocycles. The lowest BCUT2D eigenvalue weighted by atomic mass is 9.80. The molecule has 2 nitrogen and oxygen atoms in total. The smallest absolute Gasteiger partial charge is 0.102 e. The van der Waals surface area contributed by atoms with Crippen molar-refractivity contribution in [1.29, 1.82) is 0 Å². The molecule has 2 rings (SSSR count). The average Bonchev–Trinajstić information content (AvgIpc) is 2.28. The van der Waals surface area contributed by atoms with Crippen LogP contribution in [0.1, 0.15) is 50.3 Å². The van der Waals surface area contributed by atoms with Gasteiger partial charge in [0.2, 0.25) is 0 Å². The normalized spacial score (nSPS) is 25.2. The van der Waals surface area contributed by atoms with Crippen molar-refractivity contribution in [3.05, 3.63) is 34.9 Å². The van der Waals surface area contributed by atoms with Gasteiger partial charge in [0.15, 0.2) is 0 Å². The molecule has 1 atom stereocenters. The van der Waals surface area contributed by atoms with E-state index in [4.69, 9.17) is 0 Å². The average molecular weight is 247 g/mol. The zero-order chi connectivity index (χ0) is 13.4. The number of hydrogen-bond acceptors (Lipinski definition) is 2. The molecule has 2 N–H and O–H groups in total. The van der Waals surface area contributed by atoms with Crippen LogP contribution in [0.3, 0.4) is 0 Å². The van der Waals surface area contributed by atoms with Crippen molar-refractivity contribution in [2.45, 2.75) is 51.6 Å². The fraction of sp³-hybridized carbons (Fsp3) is 0.625. The van der Waals surface area contributed by atoms with Gasteiger partial charge in [-0.15, -0.1) is 0 Å². The summed E-state index contributed by atoms with van der Waals surface area (Å²) in [5.74, 6) is 0. The van der Waals surface area contributed by atoms with Crippen LogP contribution in [-0.2, 0) is 11.0 Å². The summed E-state index contributed by atoms with van der Waals surface area (Å²) in [4.78, 5) is 0. The number of β-amino-alcohol motifs (C(OH)–C–C–N with tert-alkyl or cyclic N) is 1. The van der Waals surface area contributed by atoms with E-state index in [1.807, 2.05) is 0 Å². The van der Waals surface area contributed by atoms with Gasteiger partial charge >= 0.3 is 0 Å². The summed E-state index contributed by atoms with van der Waals surface area (Å²) >= 11 is 0. The highest BCUT2D eigenvalue weighted by Crippen LogP contribution is 2.33. The molecule has 2 heteroatoms. The summed E-state index contributed by atoms with van der Waals surface area (Å²) in [6.07, 6.45) is 1.90. The number of aliphatic hydroxyl groups is 1. The van der Waals surface area contributed by atoms with Gasteiger partial charge in [-0.25, -0.2) is 0 Å². The minimum atomic E-state index is -0.682. The van der Waals surface area contributed by atoms with Crippen molar-refractivity contribution in [2.24, 2.45) is 0 Å². The predicted molar refractivity (Wildman–Crippen MR) is 75.9 cm³/mol. The summed E-state index contributed by atoms with van der Waals surface area (Å²) in [5, 5.41) is 14.1. The largest absolute Gasteiger partial charge is 0.384 e. The predicted octanol–water partition coefficient (Wildman–Crippen LogP) is 2.86. The molecule has 0 amide bonds. The van der Waals surface area contributed by atoms with Crippen LogP contribution >= 0.6 is 0 Å². The quantitative estimate of drug-likeness (QED) is 0.800. The van der Waals surface area contributed by atoms with Gasteiger partial charge in [0, 0.05) is 6.54 Å². The van der Waals surface area contributed by atoms with Crippen LogP contribution in [0.2, 0.25) is 0 Å². The Bertz CT molecular complexity index is 425. The molecule has 100 valence electrons. The highest BCUT2D eigenvalue weighted by atomic mass is 16.3. The molecule has 1 heterocycles. The molecule has 1 aromatic carbocycles. The highest BCUT2D eigenvalue weighted by Gasteiger charge is 2.32. The lowest BCUT2D eigenvalue weighted by Crippen LogP contribution is -2.43. The topological polar surface area (TPSA) is 32.3 Å². The number of rotatable bonds is 1. The minimum Gasteiger partial charge on any atom is -0.384 e. The molecule has 1 aliphatic heterocycles. The molecule has 0 bridgehead atoms. The molecular formula is C16H25NO. The highest BCUT2D eigenvalue weighted by molar-refractivity contribution is 5.38. The van der Waals surface area contributed by atoms with Gasteiger partial charge in [-0.2, -0.15) is 0 Å². The van der Waals surface area contributed by atoms with E-state index in [2.05, 4.69) is 51.2 Å². The van der Waals surface area contributed by atoms with Gasteiger partial charge in [-0.1, -0.05) is 39.0 Å². The number of benzene rings is 1. The Hall–Kier alpha value is -0.860. The fourth-order valence-corrected chi connectivity index (χ4v) is 2.77. The van der Waals surface area contributed by atoms with Crippen LogP contribution in [0.25, 0.3) is 0 Å². The van der Waals surface area contributed by atoms with Crippen molar-refractivity contribution in [2.75, 3.05) is 13.1 Å². The van der Waals surface area contributed by atoms with Gasteiger partial charge in [0.25, 0.3) is 0 Å². The molecule has 1 unspecified atom stereocenters. The molecule has 1 aliphatic rings. The third kappa shape index (κ3) is 2.60. The number of nitrogens with one attached hydrogen (secondary N) is 1. The van der Waals surface area contributed by atoms with E-state index in [9.17, 15) is 5.11 Å². The first kappa shape index (κ1) is 13.6. The van der Waals surface area contributed by atoms with Crippen LogP contribution < -0.4 is 5.32 Å². The second-order valence-corrected chi connectivity index (χ2v) is 6.59. The first-order chi connectivity index (χ1) is 8.33. The van der Waals surface area contributed by atoms with Gasteiger partial charge in [0.05, 0.1) is 0 Å². The van der Waals surface area contributed by atoms with Crippen LogP contribution in [0.4, 0.5) is 0 Å². The third-order valence-electron chi connectivity index (χ3n) is 3.96. The second-order valence-electron chi connectivity index (χ2n) is 6.59. The van der Waals surface area contributed by atoms with Crippen LogP contribution in [-0.4, -0.2) is 18.2 Å². The van der Waals surface area contributed by atoms with Gasteiger partial charge < -0.3 is 10.4 Å². The fourth-order valence-electron chi connectivity index (χ4n) is 2.77. The lowest BCUT2D eigenvalue weighted by molar-refractivity contribution is 0.0117. The molecule has 0 aromatic heterocycles. The molecule has 0 radical (unpaired) electrons. The van der Waals surface area contributed by atoms with E-state index in [-0.39, 0.29) is 5.41 Å². The SMILES string of the molecule is Cc1cc(C(C)(C)C)ccc1C1(O)CCCNC1. The summed E-state index contributed by atoms with van der Waals surface area (Å²) in [6, 6.07) is 6.50. The van der Waals surface area contributed by atoms with Crippen LogP contribution in [0.15, 0.2) is 18.2 Å². The maximum Gasteiger partial charge on any atom is 0.102 e. The van der Waals surface area contributed by atoms with E-state index in [1.54, 1.807) is 0 Å². The van der Waals surface area contributed by atoms with Crippen LogP contribution in [0, 0.1) is 6.92 Å². The third-order valence-corrected chi connectivity index (χ3v) is 3.96. The van der Waals surface area contributed by atoms with Crippen molar-refractivity contribution in [3.8, 4) is 0 Å². The number of aryl methyl sites for hydroxylation is 1. The number of piperidine rings is 1. The second kappa shape index (κ2) is 4.67. The van der Waals surface area contributed by atoms with Crippen molar-refractivity contribution in [1.82, 2.24) is 5.32 Å². The summed E-state index contributed by atoms with van der Waals surface area (Å²) in [6.45, 7) is 10.5. The summed E-state index contributed by atoms with van der Waals surface area (Å²) < 4.78 is 0. The Labute approximate surface area is 110 Å². The first-order valence-electron chi connectivity index (χ1n) is 6.88. The lowest BCUT2D eigenvalue weighted by Gasteiger charge is -2.35. The Morgan fingerprint density at radius 1 is 1.28 bits per heavy atom. The van der Waals surface area contributed by atoms with Gasteiger partial charge in [0.1, 0.15) is 5.60 Å². The molecular weight excluding hydrogens is 222 g/mol. The summed E-state index contributed by atoms with van der Waals surface area (Å²) in [7, 11) is 0. The van der Waals surface area contributed by atoms with E-state index >= 15 is 0 Å². The van der Waals surface area contributed by atoms with E-state index in [1.165, 1.54) is 11.1 Å². The first-order valence-corrected chi connectivity index (χ1v) is 6.88. The maximum absolute atomic E-state index is 10.8. The van der Waals surface area contributed by atoms with Crippen molar-refractivity contribution in [3.63, 3.8) is 0 Å². The maximum atomic E-state index is 10.8. The molecule has 1 saturated heterocycles. The zero-order valence-corrected chi connectivity index (χ0v) is 12.0. The Morgan fingerprint density at radius 3 is 2.50 bits per heavy atom. The molecule has 1 aromatic rings. The number of hydrogen-bond donors (Lipinski definition) is 2. The van der Waals surface area contributed by atoms with Gasteiger partial charge in [-0.05, 0) is 48.4 Å².